The van der Waals surface area contributed by atoms with E-state index in [-0.39, 0.29) is 29.6 Å². The SMILES string of the molecule is O=c1n(-c2ccc(N[C@H]3CC[C@H](Nc4ncc(OC(F)F)cn4)C3)nc2)c2nccnc2n1C1CC1. The summed E-state index contributed by atoms with van der Waals surface area (Å²) in [5.41, 5.74) is 1.61. The highest BCUT2D eigenvalue weighted by molar-refractivity contribution is 5.69. The van der Waals surface area contributed by atoms with E-state index in [2.05, 4.69) is 40.3 Å². The van der Waals surface area contributed by atoms with Gasteiger partial charge in [0.05, 0.1) is 24.3 Å². The second-order valence-electron chi connectivity index (χ2n) is 8.94. The molecule has 0 saturated heterocycles. The lowest BCUT2D eigenvalue weighted by atomic mass is 10.2. The molecule has 0 aromatic carbocycles. The van der Waals surface area contributed by atoms with E-state index in [0.717, 1.165) is 32.1 Å². The highest BCUT2D eigenvalue weighted by Gasteiger charge is 2.30. The third kappa shape index (κ3) is 4.43. The molecule has 0 unspecified atom stereocenters. The van der Waals surface area contributed by atoms with Crippen molar-refractivity contribution in [1.82, 2.24) is 34.1 Å². The molecule has 2 N–H and O–H groups in total. The molecule has 2 aliphatic carbocycles. The van der Waals surface area contributed by atoms with Crippen molar-refractivity contribution in [2.45, 2.75) is 56.8 Å². The molecule has 2 fully saturated rings. The van der Waals surface area contributed by atoms with Crippen LogP contribution in [0.25, 0.3) is 17.0 Å². The minimum absolute atomic E-state index is 0.0811. The molecule has 4 aromatic rings. The predicted octanol–water partition coefficient (Wildman–Crippen LogP) is 3.15. The Morgan fingerprint density at radius 3 is 2.28 bits per heavy atom. The van der Waals surface area contributed by atoms with Gasteiger partial charge in [-0.15, -0.1) is 0 Å². The minimum atomic E-state index is -2.91. The molecule has 4 aromatic heterocycles. The first-order valence-electron chi connectivity index (χ1n) is 11.8. The zero-order chi connectivity index (χ0) is 24.6. The topological polar surface area (TPSA) is 125 Å². The lowest BCUT2D eigenvalue weighted by molar-refractivity contribution is -0.0503. The molecule has 0 bridgehead atoms. The van der Waals surface area contributed by atoms with Crippen molar-refractivity contribution in [3.05, 3.63) is 53.6 Å². The van der Waals surface area contributed by atoms with Gasteiger partial charge in [0.2, 0.25) is 5.95 Å². The number of aromatic nitrogens is 7. The number of halogens is 2. The largest absolute Gasteiger partial charge is 0.432 e. The number of anilines is 2. The standard InChI is InChI=1S/C23H23F2N9O2/c24-21(25)36-17-11-29-22(30-12-17)32-14-2-1-13(9-14)31-18-6-5-16(10-28-18)34-20-19(26-7-8-27-20)33(23(34)35)15-3-4-15/h5-8,10-15,21H,1-4,9H2,(H,28,31)(H,29,30,32)/t13-,14-/m0/s1. The summed E-state index contributed by atoms with van der Waals surface area (Å²) in [6.45, 7) is -2.91. The number of hydrogen-bond acceptors (Lipinski definition) is 9. The molecule has 0 aliphatic heterocycles. The molecule has 4 heterocycles. The normalized spacial score (nSPS) is 19.6. The molecular formula is C23H23F2N9O2. The summed E-state index contributed by atoms with van der Waals surface area (Å²) in [7, 11) is 0. The Labute approximate surface area is 203 Å². The lowest BCUT2D eigenvalue weighted by Crippen LogP contribution is -2.23. The van der Waals surface area contributed by atoms with Crippen LogP contribution in [0.4, 0.5) is 20.5 Å². The fraction of sp³-hybridized carbons (Fsp3) is 0.391. The molecule has 36 heavy (non-hydrogen) atoms. The maximum absolute atomic E-state index is 13.1. The van der Waals surface area contributed by atoms with Crippen LogP contribution in [0.2, 0.25) is 0 Å². The highest BCUT2D eigenvalue weighted by Crippen LogP contribution is 2.35. The van der Waals surface area contributed by atoms with Crippen molar-refractivity contribution in [1.29, 1.82) is 0 Å². The molecule has 2 atom stereocenters. The number of ether oxygens (including phenoxy) is 1. The summed E-state index contributed by atoms with van der Waals surface area (Å²) in [6.07, 6.45) is 11.8. The highest BCUT2D eigenvalue weighted by atomic mass is 19.3. The molecule has 0 spiro atoms. The molecule has 2 aliphatic rings. The third-order valence-electron chi connectivity index (χ3n) is 6.39. The molecule has 2 saturated carbocycles. The van der Waals surface area contributed by atoms with Gasteiger partial charge in [0.15, 0.2) is 17.0 Å². The Kier molecular flexibility index (Phi) is 5.66. The van der Waals surface area contributed by atoms with Gasteiger partial charge in [-0.05, 0) is 44.2 Å². The second kappa shape index (κ2) is 9.13. The van der Waals surface area contributed by atoms with Gasteiger partial charge >= 0.3 is 12.3 Å². The fourth-order valence-corrected chi connectivity index (χ4v) is 4.63. The van der Waals surface area contributed by atoms with E-state index in [1.54, 1.807) is 27.7 Å². The fourth-order valence-electron chi connectivity index (χ4n) is 4.63. The first-order valence-corrected chi connectivity index (χ1v) is 11.8. The monoisotopic (exact) mass is 495 g/mol. The van der Waals surface area contributed by atoms with Gasteiger partial charge in [-0.3, -0.25) is 4.57 Å². The summed E-state index contributed by atoms with van der Waals surface area (Å²) in [5, 5.41) is 6.66. The van der Waals surface area contributed by atoms with E-state index in [1.807, 2.05) is 12.1 Å². The van der Waals surface area contributed by atoms with Crippen LogP contribution >= 0.6 is 0 Å². The van der Waals surface area contributed by atoms with Gasteiger partial charge in [-0.25, -0.2) is 34.3 Å². The van der Waals surface area contributed by atoms with E-state index < -0.39 is 6.61 Å². The molecule has 186 valence electrons. The number of pyridine rings is 1. The molecule has 13 heteroatoms. The summed E-state index contributed by atoms with van der Waals surface area (Å²) < 4.78 is 32.1. The molecular weight excluding hydrogens is 472 g/mol. The maximum atomic E-state index is 13.1. The Morgan fingerprint density at radius 1 is 0.889 bits per heavy atom. The van der Waals surface area contributed by atoms with E-state index in [9.17, 15) is 13.6 Å². The Morgan fingerprint density at radius 2 is 1.61 bits per heavy atom. The average Bonchev–Trinajstić information content (AvgIpc) is 3.54. The number of nitrogens with zero attached hydrogens (tertiary/aromatic N) is 7. The summed E-state index contributed by atoms with van der Waals surface area (Å²) in [5.74, 6) is 0.991. The van der Waals surface area contributed by atoms with Crippen LogP contribution in [0.15, 0.2) is 47.9 Å². The van der Waals surface area contributed by atoms with Crippen molar-refractivity contribution in [3.63, 3.8) is 0 Å². The van der Waals surface area contributed by atoms with Gasteiger partial charge in [-0.1, -0.05) is 0 Å². The summed E-state index contributed by atoms with van der Waals surface area (Å²) in [4.78, 5) is 34.5. The maximum Gasteiger partial charge on any atom is 0.387 e. The number of fused-ring (bicyclic) bond motifs is 1. The number of nitrogens with one attached hydrogen (secondary N) is 2. The average molecular weight is 495 g/mol. The van der Waals surface area contributed by atoms with Crippen molar-refractivity contribution in [2.24, 2.45) is 0 Å². The smallest absolute Gasteiger partial charge is 0.387 e. The number of rotatable bonds is 8. The number of imidazole rings is 1. The predicted molar refractivity (Wildman–Crippen MR) is 127 cm³/mol. The zero-order valence-electron chi connectivity index (χ0n) is 19.1. The van der Waals surface area contributed by atoms with Gasteiger partial charge in [0.1, 0.15) is 5.82 Å². The first kappa shape index (κ1) is 22.3. The Hall–Kier alpha value is -4.16. The van der Waals surface area contributed by atoms with Crippen LogP contribution in [-0.2, 0) is 0 Å². The van der Waals surface area contributed by atoms with Crippen molar-refractivity contribution >= 4 is 23.1 Å². The molecule has 0 amide bonds. The van der Waals surface area contributed by atoms with Gasteiger partial charge in [0, 0.05) is 30.5 Å². The van der Waals surface area contributed by atoms with E-state index in [1.165, 1.54) is 12.4 Å². The second-order valence-corrected chi connectivity index (χ2v) is 8.94. The first-order chi connectivity index (χ1) is 17.5. The van der Waals surface area contributed by atoms with Crippen LogP contribution < -0.4 is 21.1 Å². The third-order valence-corrected chi connectivity index (χ3v) is 6.39. The Bertz CT molecular complexity index is 1420. The van der Waals surface area contributed by atoms with Gasteiger partial charge in [-0.2, -0.15) is 8.78 Å². The molecule has 6 rings (SSSR count). The van der Waals surface area contributed by atoms with Crippen LogP contribution in [0.5, 0.6) is 5.75 Å². The van der Waals surface area contributed by atoms with Crippen molar-refractivity contribution in [3.8, 4) is 11.4 Å². The van der Waals surface area contributed by atoms with E-state index in [0.29, 0.717) is 28.7 Å². The van der Waals surface area contributed by atoms with Crippen LogP contribution in [-0.4, -0.2) is 52.7 Å². The van der Waals surface area contributed by atoms with E-state index >= 15 is 0 Å². The number of alkyl halides is 2. The minimum Gasteiger partial charge on any atom is -0.432 e. The van der Waals surface area contributed by atoms with Crippen LogP contribution in [0.3, 0.4) is 0 Å². The molecule has 11 nitrogen and oxygen atoms in total. The Balaban J connectivity index is 1.11. The van der Waals surface area contributed by atoms with Crippen LogP contribution in [0.1, 0.15) is 38.1 Å². The molecule has 0 radical (unpaired) electrons. The van der Waals surface area contributed by atoms with Crippen LogP contribution in [0, 0.1) is 0 Å². The van der Waals surface area contributed by atoms with Gasteiger partial charge < -0.3 is 15.4 Å². The van der Waals surface area contributed by atoms with E-state index in [4.69, 9.17) is 0 Å². The number of hydrogen-bond donors (Lipinski definition) is 2. The van der Waals surface area contributed by atoms with Gasteiger partial charge in [0.25, 0.3) is 0 Å². The zero-order valence-corrected chi connectivity index (χ0v) is 19.1. The van der Waals surface area contributed by atoms with Crippen molar-refractivity contribution < 1.29 is 13.5 Å². The quantitative estimate of drug-likeness (QED) is 0.379. The summed E-state index contributed by atoms with van der Waals surface area (Å²) >= 11 is 0. The summed E-state index contributed by atoms with van der Waals surface area (Å²) in [6, 6.07) is 4.21. The lowest BCUT2D eigenvalue weighted by Gasteiger charge is -2.15. The van der Waals surface area contributed by atoms with Crippen molar-refractivity contribution in [2.75, 3.05) is 10.6 Å².